The predicted octanol–water partition coefficient (Wildman–Crippen LogP) is 5.54. The first-order valence-corrected chi connectivity index (χ1v) is 7.25. The maximum absolute atomic E-state index is 13.5. The van der Waals surface area contributed by atoms with Crippen LogP contribution in [0.5, 0.6) is 0 Å². The van der Waals surface area contributed by atoms with E-state index in [2.05, 4.69) is 5.32 Å². The lowest BCUT2D eigenvalue weighted by atomic mass is 10.1. The van der Waals surface area contributed by atoms with Crippen molar-refractivity contribution in [3.8, 4) is 0 Å². The minimum absolute atomic E-state index is 0.0384. The topological polar surface area (TPSA) is 29.1 Å². The molecule has 0 radical (unpaired) electrons. The van der Waals surface area contributed by atoms with Crippen molar-refractivity contribution in [3.63, 3.8) is 0 Å². The number of benzene rings is 3. The molecule has 0 atom stereocenters. The third-order valence-corrected chi connectivity index (χ3v) is 3.89. The molecule has 0 heterocycles. The van der Waals surface area contributed by atoms with Crippen molar-refractivity contribution in [3.05, 3.63) is 76.0 Å². The van der Waals surface area contributed by atoms with Gasteiger partial charge in [0.1, 0.15) is 5.82 Å². The first-order valence-electron chi connectivity index (χ1n) is 6.50. The Morgan fingerprint density at radius 2 is 1.68 bits per heavy atom. The number of anilines is 1. The first-order chi connectivity index (χ1) is 10.6. The fraction of sp³-hybridized carbons (Fsp3) is 0. The number of hydrogen-bond acceptors (Lipinski definition) is 1. The predicted molar refractivity (Wildman–Crippen MR) is 88.3 cm³/mol. The summed E-state index contributed by atoms with van der Waals surface area (Å²) in [5, 5.41) is 4.62. The van der Waals surface area contributed by atoms with E-state index in [4.69, 9.17) is 23.2 Å². The molecule has 0 spiro atoms. The van der Waals surface area contributed by atoms with Gasteiger partial charge in [0.2, 0.25) is 0 Å². The number of fused-ring (bicyclic) bond motifs is 1. The van der Waals surface area contributed by atoms with Gasteiger partial charge in [0.15, 0.2) is 0 Å². The molecule has 3 aromatic carbocycles. The molecule has 22 heavy (non-hydrogen) atoms. The molecule has 0 saturated heterocycles. The molecule has 3 aromatic rings. The second-order valence-electron chi connectivity index (χ2n) is 4.73. The molecular formula is C17H10Cl2FNO. The van der Waals surface area contributed by atoms with Gasteiger partial charge in [-0.1, -0.05) is 59.6 Å². The minimum Gasteiger partial charge on any atom is -0.321 e. The number of hydrogen-bond donors (Lipinski definition) is 1. The van der Waals surface area contributed by atoms with E-state index in [9.17, 15) is 9.18 Å². The highest BCUT2D eigenvalue weighted by Gasteiger charge is 2.15. The molecule has 0 bridgehead atoms. The molecular weight excluding hydrogens is 324 g/mol. The zero-order valence-corrected chi connectivity index (χ0v) is 12.8. The van der Waals surface area contributed by atoms with Gasteiger partial charge in [-0.15, -0.1) is 0 Å². The quantitative estimate of drug-likeness (QED) is 0.613. The lowest BCUT2D eigenvalue weighted by molar-refractivity contribution is 0.102. The molecule has 1 amide bonds. The Kier molecular flexibility index (Phi) is 4.01. The summed E-state index contributed by atoms with van der Waals surface area (Å²) < 4.78 is 13.5. The fourth-order valence-corrected chi connectivity index (χ4v) is 2.69. The number of halogens is 3. The van der Waals surface area contributed by atoms with Crippen molar-refractivity contribution in [2.45, 2.75) is 0 Å². The van der Waals surface area contributed by atoms with E-state index in [-0.39, 0.29) is 15.6 Å². The Hall–Kier alpha value is -2.10. The molecule has 0 aliphatic carbocycles. The highest BCUT2D eigenvalue weighted by Crippen LogP contribution is 2.27. The number of rotatable bonds is 2. The van der Waals surface area contributed by atoms with Crippen LogP contribution in [0.4, 0.5) is 10.1 Å². The molecule has 0 aliphatic heterocycles. The smallest absolute Gasteiger partial charge is 0.257 e. The molecule has 110 valence electrons. The van der Waals surface area contributed by atoms with Gasteiger partial charge >= 0.3 is 0 Å². The molecule has 2 nitrogen and oxygen atoms in total. The normalized spacial score (nSPS) is 10.7. The van der Waals surface area contributed by atoms with Crippen molar-refractivity contribution in [2.75, 3.05) is 5.32 Å². The third kappa shape index (κ3) is 2.78. The zero-order valence-electron chi connectivity index (χ0n) is 11.2. The van der Waals surface area contributed by atoms with Gasteiger partial charge < -0.3 is 5.32 Å². The molecule has 0 aliphatic rings. The average molecular weight is 334 g/mol. The molecule has 0 unspecified atom stereocenters. The summed E-state index contributed by atoms with van der Waals surface area (Å²) in [5.74, 6) is -1.17. The number of nitrogens with one attached hydrogen (secondary N) is 1. The Morgan fingerprint density at radius 1 is 0.955 bits per heavy atom. The van der Waals surface area contributed by atoms with Crippen LogP contribution >= 0.6 is 23.2 Å². The standard InChI is InChI=1S/C17H10Cl2FNO/c18-13-9-14(19)15(20)8-12(13)17(22)21-16-7-3-5-10-4-1-2-6-11(10)16/h1-9H,(H,21,22). The fourth-order valence-electron chi connectivity index (χ4n) is 2.22. The molecule has 0 aromatic heterocycles. The van der Waals surface area contributed by atoms with E-state index in [0.717, 1.165) is 16.8 Å². The van der Waals surface area contributed by atoms with E-state index in [0.29, 0.717) is 5.69 Å². The van der Waals surface area contributed by atoms with E-state index >= 15 is 0 Å². The maximum atomic E-state index is 13.5. The van der Waals surface area contributed by atoms with E-state index < -0.39 is 11.7 Å². The van der Waals surface area contributed by atoms with Crippen LogP contribution in [0.3, 0.4) is 0 Å². The van der Waals surface area contributed by atoms with Crippen LogP contribution in [0.2, 0.25) is 10.0 Å². The van der Waals surface area contributed by atoms with Gasteiger partial charge in [-0.05, 0) is 23.6 Å². The second-order valence-corrected chi connectivity index (χ2v) is 5.54. The van der Waals surface area contributed by atoms with Gasteiger partial charge in [0.05, 0.1) is 15.6 Å². The van der Waals surface area contributed by atoms with Gasteiger partial charge in [-0.2, -0.15) is 0 Å². The number of amides is 1. The van der Waals surface area contributed by atoms with Crippen molar-refractivity contribution >= 4 is 45.6 Å². The van der Waals surface area contributed by atoms with Crippen LogP contribution in [0, 0.1) is 5.82 Å². The monoisotopic (exact) mass is 333 g/mol. The Morgan fingerprint density at radius 3 is 2.50 bits per heavy atom. The largest absolute Gasteiger partial charge is 0.321 e. The Labute approximate surface area is 136 Å². The summed E-state index contributed by atoms with van der Waals surface area (Å²) in [6, 6.07) is 15.4. The highest BCUT2D eigenvalue weighted by atomic mass is 35.5. The van der Waals surface area contributed by atoms with Crippen LogP contribution in [-0.2, 0) is 0 Å². The average Bonchev–Trinajstić information content (AvgIpc) is 2.51. The van der Waals surface area contributed by atoms with Crippen LogP contribution in [0.25, 0.3) is 10.8 Å². The van der Waals surface area contributed by atoms with Gasteiger partial charge in [-0.3, -0.25) is 4.79 Å². The summed E-state index contributed by atoms with van der Waals surface area (Å²) in [4.78, 5) is 12.3. The van der Waals surface area contributed by atoms with Gasteiger partial charge in [0, 0.05) is 11.1 Å². The van der Waals surface area contributed by atoms with Crippen molar-refractivity contribution in [2.24, 2.45) is 0 Å². The van der Waals surface area contributed by atoms with Gasteiger partial charge in [-0.25, -0.2) is 4.39 Å². The minimum atomic E-state index is -0.686. The number of carbonyl (C=O) groups is 1. The molecule has 5 heteroatoms. The molecule has 3 rings (SSSR count). The van der Waals surface area contributed by atoms with Crippen LogP contribution in [0.1, 0.15) is 10.4 Å². The molecule has 0 saturated carbocycles. The van der Waals surface area contributed by atoms with Gasteiger partial charge in [0.25, 0.3) is 5.91 Å². The zero-order chi connectivity index (χ0) is 15.7. The SMILES string of the molecule is O=C(Nc1cccc2ccccc12)c1cc(F)c(Cl)cc1Cl. The van der Waals surface area contributed by atoms with Crippen LogP contribution < -0.4 is 5.32 Å². The Balaban J connectivity index is 1.99. The summed E-state index contributed by atoms with van der Waals surface area (Å²) in [6.07, 6.45) is 0. The van der Waals surface area contributed by atoms with Crippen LogP contribution in [-0.4, -0.2) is 5.91 Å². The van der Waals surface area contributed by atoms with Crippen molar-refractivity contribution in [1.82, 2.24) is 0 Å². The summed E-state index contributed by atoms with van der Waals surface area (Å²) in [7, 11) is 0. The Bertz CT molecular complexity index is 874. The van der Waals surface area contributed by atoms with E-state index in [1.807, 2.05) is 36.4 Å². The van der Waals surface area contributed by atoms with Crippen molar-refractivity contribution in [1.29, 1.82) is 0 Å². The summed E-state index contributed by atoms with van der Waals surface area (Å²) >= 11 is 11.6. The number of carbonyl (C=O) groups excluding carboxylic acids is 1. The van der Waals surface area contributed by atoms with Crippen LogP contribution in [0.15, 0.2) is 54.6 Å². The lowest BCUT2D eigenvalue weighted by Crippen LogP contribution is -2.13. The van der Waals surface area contributed by atoms with E-state index in [1.54, 1.807) is 6.07 Å². The third-order valence-electron chi connectivity index (χ3n) is 3.29. The lowest BCUT2D eigenvalue weighted by Gasteiger charge is -2.10. The first kappa shape index (κ1) is 14.8. The molecule has 1 N–H and O–H groups in total. The van der Waals surface area contributed by atoms with Crippen molar-refractivity contribution < 1.29 is 9.18 Å². The highest BCUT2D eigenvalue weighted by molar-refractivity contribution is 6.37. The molecule has 0 fully saturated rings. The second kappa shape index (κ2) is 5.95. The summed E-state index contributed by atoms with van der Waals surface area (Å²) in [6.45, 7) is 0. The maximum Gasteiger partial charge on any atom is 0.257 e. The summed E-state index contributed by atoms with van der Waals surface area (Å²) in [5.41, 5.74) is 0.672. The van der Waals surface area contributed by atoms with E-state index in [1.165, 1.54) is 6.07 Å².